The summed E-state index contributed by atoms with van der Waals surface area (Å²) in [4.78, 5) is 0. The van der Waals surface area contributed by atoms with Gasteiger partial charge in [0.15, 0.2) is 0 Å². The number of nitrogens with one attached hydrogen (secondary N) is 1. The van der Waals surface area contributed by atoms with Crippen LogP contribution in [0, 0.1) is 11.7 Å². The van der Waals surface area contributed by atoms with E-state index in [9.17, 15) is 4.39 Å². The molecule has 2 nitrogen and oxygen atoms in total. The molecule has 20 heavy (non-hydrogen) atoms. The maximum atomic E-state index is 12.9. The van der Waals surface area contributed by atoms with Crippen molar-refractivity contribution in [1.82, 2.24) is 5.32 Å². The number of ether oxygens (including phenoxy) is 1. The molecule has 1 unspecified atom stereocenters. The van der Waals surface area contributed by atoms with Gasteiger partial charge < -0.3 is 10.1 Å². The largest absolute Gasteiger partial charge is 0.382 e. The third-order valence-corrected chi connectivity index (χ3v) is 3.82. The number of hydrogen-bond acceptors (Lipinski definition) is 2. The van der Waals surface area contributed by atoms with Crippen LogP contribution in [-0.4, -0.2) is 25.8 Å². The zero-order chi connectivity index (χ0) is 14.2. The molecular formula is C17H26FNO. The molecule has 0 heterocycles. The summed E-state index contributed by atoms with van der Waals surface area (Å²) in [6.45, 7) is 4.74. The highest BCUT2D eigenvalue weighted by molar-refractivity contribution is 5.16. The smallest absolute Gasteiger partial charge is 0.123 e. The van der Waals surface area contributed by atoms with Gasteiger partial charge in [0.2, 0.25) is 0 Å². The van der Waals surface area contributed by atoms with Gasteiger partial charge >= 0.3 is 0 Å². The van der Waals surface area contributed by atoms with E-state index in [4.69, 9.17) is 4.74 Å². The highest BCUT2D eigenvalue weighted by atomic mass is 19.1. The fraction of sp³-hybridized carbons (Fsp3) is 0.647. The molecule has 1 aliphatic rings. The van der Waals surface area contributed by atoms with Gasteiger partial charge in [0.05, 0.1) is 0 Å². The van der Waals surface area contributed by atoms with E-state index in [0.29, 0.717) is 5.92 Å². The van der Waals surface area contributed by atoms with E-state index in [0.717, 1.165) is 45.1 Å². The summed E-state index contributed by atoms with van der Waals surface area (Å²) in [6, 6.07) is 7.67. The molecule has 0 bridgehead atoms. The normalized spacial score (nSPS) is 16.3. The standard InChI is InChI=1S/C17H26FNO/c1-2-20-11-3-4-15(13-19-17-9-10-17)12-14-5-7-16(18)8-6-14/h5-8,15,17,19H,2-4,9-13H2,1H3. The second-order valence-electron chi connectivity index (χ2n) is 5.72. The third kappa shape index (κ3) is 6.02. The number of benzene rings is 1. The van der Waals surface area contributed by atoms with Crippen LogP contribution >= 0.6 is 0 Å². The summed E-state index contributed by atoms with van der Waals surface area (Å²) in [5, 5.41) is 3.61. The molecule has 0 aliphatic heterocycles. The SMILES string of the molecule is CCOCCCC(CNC1CC1)Cc1ccc(F)cc1. The van der Waals surface area contributed by atoms with Crippen LogP contribution in [0.2, 0.25) is 0 Å². The lowest BCUT2D eigenvalue weighted by molar-refractivity contribution is 0.139. The molecule has 1 aromatic carbocycles. The quantitative estimate of drug-likeness (QED) is 0.661. The average molecular weight is 279 g/mol. The molecule has 0 spiro atoms. The van der Waals surface area contributed by atoms with Crippen LogP contribution in [0.5, 0.6) is 0 Å². The highest BCUT2D eigenvalue weighted by Crippen LogP contribution is 2.21. The van der Waals surface area contributed by atoms with Gasteiger partial charge in [-0.3, -0.25) is 0 Å². The van der Waals surface area contributed by atoms with Crippen LogP contribution in [-0.2, 0) is 11.2 Å². The number of halogens is 1. The monoisotopic (exact) mass is 279 g/mol. The van der Waals surface area contributed by atoms with Gasteiger partial charge in [0, 0.05) is 19.3 Å². The van der Waals surface area contributed by atoms with E-state index in [1.807, 2.05) is 19.1 Å². The van der Waals surface area contributed by atoms with Gasteiger partial charge in [-0.05, 0) is 69.2 Å². The molecule has 1 atom stereocenters. The Kier molecular flexibility index (Phi) is 6.48. The first-order valence-electron chi connectivity index (χ1n) is 7.83. The van der Waals surface area contributed by atoms with Crippen molar-refractivity contribution in [3.05, 3.63) is 35.6 Å². The molecule has 1 N–H and O–H groups in total. The van der Waals surface area contributed by atoms with Crippen molar-refractivity contribution in [2.45, 2.75) is 45.1 Å². The molecule has 0 aromatic heterocycles. The summed E-state index contributed by atoms with van der Waals surface area (Å²) in [7, 11) is 0. The minimum atomic E-state index is -0.155. The van der Waals surface area contributed by atoms with Gasteiger partial charge in [-0.2, -0.15) is 0 Å². The first-order chi connectivity index (χ1) is 9.78. The molecule has 0 amide bonds. The van der Waals surface area contributed by atoms with E-state index in [-0.39, 0.29) is 5.82 Å². The molecule has 0 radical (unpaired) electrons. The first-order valence-corrected chi connectivity index (χ1v) is 7.83. The molecule has 3 heteroatoms. The predicted molar refractivity (Wildman–Crippen MR) is 80.3 cm³/mol. The number of hydrogen-bond donors (Lipinski definition) is 1. The predicted octanol–water partition coefficient (Wildman–Crippen LogP) is 3.55. The first kappa shape index (κ1) is 15.5. The van der Waals surface area contributed by atoms with Gasteiger partial charge in [-0.25, -0.2) is 4.39 Å². The second kappa shape index (κ2) is 8.38. The van der Waals surface area contributed by atoms with Crippen molar-refractivity contribution in [2.75, 3.05) is 19.8 Å². The van der Waals surface area contributed by atoms with E-state index in [1.54, 1.807) is 12.1 Å². The second-order valence-corrected chi connectivity index (χ2v) is 5.72. The third-order valence-electron chi connectivity index (χ3n) is 3.82. The summed E-state index contributed by atoms with van der Waals surface area (Å²) in [5.74, 6) is 0.458. The van der Waals surface area contributed by atoms with Crippen LogP contribution in [0.3, 0.4) is 0 Å². The Hall–Kier alpha value is -0.930. The molecule has 2 rings (SSSR count). The van der Waals surface area contributed by atoms with E-state index < -0.39 is 0 Å². The van der Waals surface area contributed by atoms with Crippen LogP contribution in [0.1, 0.15) is 38.2 Å². The molecule has 1 saturated carbocycles. The van der Waals surface area contributed by atoms with E-state index >= 15 is 0 Å². The molecule has 1 fully saturated rings. The Labute approximate surface area is 121 Å². The Morgan fingerprint density at radius 3 is 2.70 bits per heavy atom. The van der Waals surface area contributed by atoms with Crippen molar-refractivity contribution >= 4 is 0 Å². The summed E-state index contributed by atoms with van der Waals surface area (Å²) >= 11 is 0. The maximum Gasteiger partial charge on any atom is 0.123 e. The lowest BCUT2D eigenvalue weighted by Crippen LogP contribution is -2.26. The van der Waals surface area contributed by atoms with Crippen LogP contribution < -0.4 is 5.32 Å². The zero-order valence-corrected chi connectivity index (χ0v) is 12.4. The Bertz CT molecular complexity index is 375. The van der Waals surface area contributed by atoms with Crippen LogP contribution in [0.25, 0.3) is 0 Å². The van der Waals surface area contributed by atoms with Gasteiger partial charge in [0.1, 0.15) is 5.82 Å². The summed E-state index contributed by atoms with van der Waals surface area (Å²) in [5.41, 5.74) is 1.23. The van der Waals surface area contributed by atoms with Crippen LogP contribution in [0.15, 0.2) is 24.3 Å². The van der Waals surface area contributed by atoms with Gasteiger partial charge in [-0.1, -0.05) is 12.1 Å². The molecule has 1 aliphatic carbocycles. The van der Waals surface area contributed by atoms with Gasteiger partial charge in [0.25, 0.3) is 0 Å². The molecule has 0 saturated heterocycles. The lowest BCUT2D eigenvalue weighted by Gasteiger charge is -2.18. The topological polar surface area (TPSA) is 21.3 Å². The lowest BCUT2D eigenvalue weighted by atomic mass is 9.94. The zero-order valence-electron chi connectivity index (χ0n) is 12.4. The summed E-state index contributed by atoms with van der Waals surface area (Å²) in [6.07, 6.45) is 5.93. The highest BCUT2D eigenvalue weighted by Gasteiger charge is 2.21. The molecule has 1 aromatic rings. The van der Waals surface area contributed by atoms with E-state index in [2.05, 4.69) is 5.32 Å². The Morgan fingerprint density at radius 2 is 2.05 bits per heavy atom. The van der Waals surface area contributed by atoms with Gasteiger partial charge in [-0.15, -0.1) is 0 Å². The van der Waals surface area contributed by atoms with Crippen molar-refractivity contribution < 1.29 is 9.13 Å². The maximum absolute atomic E-state index is 12.9. The minimum absolute atomic E-state index is 0.155. The van der Waals surface area contributed by atoms with E-state index in [1.165, 1.54) is 18.4 Å². The fourth-order valence-electron chi connectivity index (χ4n) is 2.47. The Morgan fingerprint density at radius 1 is 1.30 bits per heavy atom. The Balaban J connectivity index is 1.78. The van der Waals surface area contributed by atoms with Crippen LogP contribution in [0.4, 0.5) is 4.39 Å². The van der Waals surface area contributed by atoms with Crippen molar-refractivity contribution in [2.24, 2.45) is 5.92 Å². The molecular weight excluding hydrogens is 253 g/mol. The van der Waals surface area contributed by atoms with Crippen molar-refractivity contribution in [3.8, 4) is 0 Å². The fourth-order valence-corrected chi connectivity index (χ4v) is 2.47. The van der Waals surface area contributed by atoms with Crippen molar-refractivity contribution in [1.29, 1.82) is 0 Å². The van der Waals surface area contributed by atoms with Crippen molar-refractivity contribution in [3.63, 3.8) is 0 Å². The summed E-state index contributed by atoms with van der Waals surface area (Å²) < 4.78 is 18.4. The minimum Gasteiger partial charge on any atom is -0.382 e. The number of rotatable bonds is 10. The molecule has 112 valence electrons. The average Bonchev–Trinajstić information content (AvgIpc) is 3.27.